The molecule has 3 heterocycles. The van der Waals surface area contributed by atoms with Crippen molar-refractivity contribution in [3.63, 3.8) is 0 Å². The standard InChI is InChI=1S/C18H28N6O/c1-2-19-18(21-14-15-8-7-13-25-15)20-11-6-10-17-23-22-16-9-4-3-5-12-24(16)17/h7-8,13H,2-6,9-12,14H2,1H3,(H2,19,20,21). The van der Waals surface area contributed by atoms with E-state index in [2.05, 4.69) is 37.3 Å². The fraction of sp³-hybridized carbons (Fsp3) is 0.611. The Kier molecular flexibility index (Phi) is 6.48. The molecule has 25 heavy (non-hydrogen) atoms. The summed E-state index contributed by atoms with van der Waals surface area (Å²) < 4.78 is 7.64. The maximum atomic E-state index is 5.32. The third kappa shape index (κ3) is 5.08. The zero-order chi connectivity index (χ0) is 17.3. The van der Waals surface area contributed by atoms with Crippen LogP contribution in [0.5, 0.6) is 0 Å². The number of aliphatic imine (C=N–C) groups is 1. The second-order valence-electron chi connectivity index (χ2n) is 6.30. The summed E-state index contributed by atoms with van der Waals surface area (Å²) in [6, 6.07) is 3.82. The van der Waals surface area contributed by atoms with Gasteiger partial charge in [-0.2, -0.15) is 0 Å². The summed E-state index contributed by atoms with van der Waals surface area (Å²) in [7, 11) is 0. The summed E-state index contributed by atoms with van der Waals surface area (Å²) >= 11 is 0. The molecule has 0 fully saturated rings. The largest absolute Gasteiger partial charge is 0.467 e. The van der Waals surface area contributed by atoms with Crippen LogP contribution in [0.1, 0.15) is 50.0 Å². The van der Waals surface area contributed by atoms with Crippen molar-refractivity contribution in [3.8, 4) is 0 Å². The first-order chi connectivity index (χ1) is 12.4. The lowest BCUT2D eigenvalue weighted by Gasteiger charge is -2.11. The number of nitrogens with zero attached hydrogens (tertiary/aromatic N) is 4. The number of fused-ring (bicyclic) bond motifs is 1. The van der Waals surface area contributed by atoms with Crippen molar-refractivity contribution in [2.75, 3.05) is 13.1 Å². The van der Waals surface area contributed by atoms with E-state index in [0.29, 0.717) is 6.54 Å². The Morgan fingerprint density at radius 3 is 3.08 bits per heavy atom. The van der Waals surface area contributed by atoms with Gasteiger partial charge in [0.1, 0.15) is 24.0 Å². The Morgan fingerprint density at radius 2 is 2.24 bits per heavy atom. The number of hydrogen-bond acceptors (Lipinski definition) is 4. The van der Waals surface area contributed by atoms with E-state index in [9.17, 15) is 0 Å². The molecule has 0 saturated carbocycles. The summed E-state index contributed by atoms with van der Waals surface area (Å²) in [6.45, 7) is 5.36. The van der Waals surface area contributed by atoms with E-state index >= 15 is 0 Å². The lowest BCUT2D eigenvalue weighted by molar-refractivity contribution is 0.512. The molecule has 0 aromatic carbocycles. The maximum Gasteiger partial charge on any atom is 0.191 e. The van der Waals surface area contributed by atoms with Gasteiger partial charge in [-0.05, 0) is 38.3 Å². The molecule has 0 saturated heterocycles. The molecule has 0 radical (unpaired) electrons. The molecule has 0 unspecified atom stereocenters. The molecule has 7 heteroatoms. The Labute approximate surface area is 148 Å². The fourth-order valence-electron chi connectivity index (χ4n) is 3.08. The van der Waals surface area contributed by atoms with Gasteiger partial charge in [-0.3, -0.25) is 0 Å². The van der Waals surface area contributed by atoms with Crippen molar-refractivity contribution < 1.29 is 4.42 Å². The topological polar surface area (TPSA) is 80.3 Å². The minimum Gasteiger partial charge on any atom is -0.467 e. The number of rotatable bonds is 7. The molecule has 0 atom stereocenters. The first kappa shape index (κ1) is 17.5. The van der Waals surface area contributed by atoms with Gasteiger partial charge in [0.15, 0.2) is 5.96 Å². The van der Waals surface area contributed by atoms with Gasteiger partial charge in [0.2, 0.25) is 0 Å². The number of nitrogens with one attached hydrogen (secondary N) is 2. The highest BCUT2D eigenvalue weighted by Crippen LogP contribution is 2.15. The van der Waals surface area contributed by atoms with Crippen LogP contribution in [-0.2, 0) is 25.9 Å². The van der Waals surface area contributed by atoms with Gasteiger partial charge in [-0.25, -0.2) is 4.99 Å². The van der Waals surface area contributed by atoms with E-state index in [4.69, 9.17) is 4.42 Å². The Morgan fingerprint density at radius 1 is 1.28 bits per heavy atom. The zero-order valence-electron chi connectivity index (χ0n) is 15.0. The molecule has 136 valence electrons. The van der Waals surface area contributed by atoms with E-state index in [1.54, 1.807) is 6.26 Å². The van der Waals surface area contributed by atoms with Gasteiger partial charge in [-0.15, -0.1) is 10.2 Å². The summed E-state index contributed by atoms with van der Waals surface area (Å²) in [5.74, 6) is 3.97. The number of furan rings is 1. The molecule has 0 spiro atoms. The van der Waals surface area contributed by atoms with Crippen molar-refractivity contribution >= 4 is 5.96 Å². The van der Waals surface area contributed by atoms with E-state index in [1.165, 1.54) is 19.3 Å². The van der Waals surface area contributed by atoms with Gasteiger partial charge in [0, 0.05) is 32.5 Å². The average molecular weight is 344 g/mol. The van der Waals surface area contributed by atoms with Crippen LogP contribution in [-0.4, -0.2) is 33.8 Å². The van der Waals surface area contributed by atoms with Crippen molar-refractivity contribution in [2.24, 2.45) is 4.99 Å². The minimum atomic E-state index is 0.542. The first-order valence-electron chi connectivity index (χ1n) is 9.32. The fourth-order valence-corrected chi connectivity index (χ4v) is 3.08. The molecule has 0 amide bonds. The third-order valence-corrected chi connectivity index (χ3v) is 4.37. The predicted molar refractivity (Wildman–Crippen MR) is 97.4 cm³/mol. The van der Waals surface area contributed by atoms with Gasteiger partial charge < -0.3 is 19.6 Å². The SMILES string of the molecule is CCNC(=NCc1ccco1)NCCCc1nnc2n1CCCCC2. The van der Waals surface area contributed by atoms with Crippen molar-refractivity contribution in [2.45, 2.75) is 58.5 Å². The highest BCUT2D eigenvalue weighted by Gasteiger charge is 2.14. The highest BCUT2D eigenvalue weighted by molar-refractivity contribution is 5.79. The molecular formula is C18H28N6O. The summed E-state index contributed by atoms with van der Waals surface area (Å²) in [6.07, 6.45) is 8.45. The number of aromatic nitrogens is 3. The highest BCUT2D eigenvalue weighted by atomic mass is 16.3. The third-order valence-electron chi connectivity index (χ3n) is 4.37. The minimum absolute atomic E-state index is 0.542. The monoisotopic (exact) mass is 344 g/mol. The van der Waals surface area contributed by atoms with Crippen molar-refractivity contribution in [1.82, 2.24) is 25.4 Å². The van der Waals surface area contributed by atoms with Gasteiger partial charge in [0.05, 0.1) is 6.26 Å². The molecule has 0 bridgehead atoms. The van der Waals surface area contributed by atoms with Crippen LogP contribution in [0.4, 0.5) is 0 Å². The van der Waals surface area contributed by atoms with E-state index in [0.717, 1.165) is 62.3 Å². The molecule has 7 nitrogen and oxygen atoms in total. The predicted octanol–water partition coefficient (Wildman–Crippen LogP) is 2.29. The van der Waals surface area contributed by atoms with E-state index in [-0.39, 0.29) is 0 Å². The quantitative estimate of drug-likeness (QED) is 0.458. The second kappa shape index (κ2) is 9.25. The molecule has 3 rings (SSSR count). The maximum absolute atomic E-state index is 5.32. The summed E-state index contributed by atoms with van der Waals surface area (Å²) in [4.78, 5) is 4.54. The normalized spacial score (nSPS) is 14.8. The van der Waals surface area contributed by atoms with Crippen LogP contribution in [0, 0.1) is 0 Å². The van der Waals surface area contributed by atoms with Crippen LogP contribution < -0.4 is 10.6 Å². The lowest BCUT2D eigenvalue weighted by Crippen LogP contribution is -2.37. The van der Waals surface area contributed by atoms with Gasteiger partial charge in [0.25, 0.3) is 0 Å². The molecule has 1 aliphatic rings. The van der Waals surface area contributed by atoms with Crippen LogP contribution in [0.3, 0.4) is 0 Å². The van der Waals surface area contributed by atoms with Gasteiger partial charge >= 0.3 is 0 Å². The van der Waals surface area contributed by atoms with Crippen LogP contribution >= 0.6 is 0 Å². The van der Waals surface area contributed by atoms with Crippen LogP contribution in [0.15, 0.2) is 27.8 Å². The van der Waals surface area contributed by atoms with Crippen molar-refractivity contribution in [1.29, 1.82) is 0 Å². The molecule has 2 aromatic heterocycles. The summed E-state index contributed by atoms with van der Waals surface area (Å²) in [5.41, 5.74) is 0. The Bertz CT molecular complexity index is 661. The number of hydrogen-bond donors (Lipinski definition) is 2. The van der Waals surface area contributed by atoms with Crippen LogP contribution in [0.2, 0.25) is 0 Å². The molecule has 2 aromatic rings. The van der Waals surface area contributed by atoms with E-state index in [1.807, 2.05) is 12.1 Å². The molecular weight excluding hydrogens is 316 g/mol. The van der Waals surface area contributed by atoms with Gasteiger partial charge in [-0.1, -0.05) is 6.42 Å². The lowest BCUT2D eigenvalue weighted by atomic mass is 10.2. The zero-order valence-corrected chi connectivity index (χ0v) is 15.0. The first-order valence-corrected chi connectivity index (χ1v) is 9.32. The average Bonchev–Trinajstić information content (AvgIpc) is 3.21. The molecule has 1 aliphatic heterocycles. The summed E-state index contributed by atoms with van der Waals surface area (Å²) in [5, 5.41) is 15.4. The Hall–Kier alpha value is -2.31. The number of guanidine groups is 1. The Balaban J connectivity index is 1.46. The van der Waals surface area contributed by atoms with Crippen LogP contribution in [0.25, 0.3) is 0 Å². The van der Waals surface area contributed by atoms with E-state index < -0.39 is 0 Å². The second-order valence-corrected chi connectivity index (χ2v) is 6.30. The molecule has 0 aliphatic carbocycles. The smallest absolute Gasteiger partial charge is 0.191 e. The number of aryl methyl sites for hydroxylation is 2. The van der Waals surface area contributed by atoms with Crippen molar-refractivity contribution in [3.05, 3.63) is 35.8 Å². The molecule has 2 N–H and O–H groups in total.